The predicted octanol–water partition coefficient (Wildman–Crippen LogP) is 2.86. The van der Waals surface area contributed by atoms with Crippen molar-refractivity contribution in [1.29, 1.82) is 0 Å². The number of pyridine rings is 1. The van der Waals surface area contributed by atoms with Crippen LogP contribution in [0.4, 0.5) is 0 Å². The SMILES string of the molecule is COCc1cncc2c1CCN(C(=O)C1(C)CC=CCC1)C2. The molecule has 3 rings (SSSR count). The molecule has 0 saturated carbocycles. The summed E-state index contributed by atoms with van der Waals surface area (Å²) in [6, 6.07) is 0. The molecule has 0 spiro atoms. The van der Waals surface area contributed by atoms with E-state index in [0.29, 0.717) is 19.1 Å². The number of amides is 1. The van der Waals surface area contributed by atoms with Crippen molar-refractivity contribution >= 4 is 5.91 Å². The Morgan fingerprint density at radius 1 is 1.41 bits per heavy atom. The van der Waals surface area contributed by atoms with Gasteiger partial charge in [-0.2, -0.15) is 0 Å². The second-order valence-corrected chi connectivity index (χ2v) is 6.62. The van der Waals surface area contributed by atoms with Crippen molar-refractivity contribution in [3.63, 3.8) is 0 Å². The fourth-order valence-corrected chi connectivity index (χ4v) is 3.56. The largest absolute Gasteiger partial charge is 0.380 e. The van der Waals surface area contributed by atoms with E-state index in [0.717, 1.165) is 37.8 Å². The molecule has 1 aromatic rings. The lowest BCUT2D eigenvalue weighted by atomic mass is 9.77. The first-order valence-corrected chi connectivity index (χ1v) is 8.02. The number of rotatable bonds is 3. The van der Waals surface area contributed by atoms with Gasteiger partial charge in [0.05, 0.1) is 12.0 Å². The molecular formula is C18H24N2O2. The van der Waals surface area contributed by atoms with Crippen LogP contribution >= 0.6 is 0 Å². The van der Waals surface area contributed by atoms with Gasteiger partial charge in [0.2, 0.25) is 5.91 Å². The van der Waals surface area contributed by atoms with Crippen molar-refractivity contribution in [3.05, 3.63) is 41.2 Å². The zero-order valence-corrected chi connectivity index (χ0v) is 13.5. The lowest BCUT2D eigenvalue weighted by Gasteiger charge is -2.38. The summed E-state index contributed by atoms with van der Waals surface area (Å²) in [5.74, 6) is 0.291. The van der Waals surface area contributed by atoms with E-state index in [9.17, 15) is 4.79 Å². The first-order chi connectivity index (χ1) is 10.6. The number of allylic oxidation sites excluding steroid dienone is 2. The highest BCUT2D eigenvalue weighted by atomic mass is 16.5. The Balaban J connectivity index is 1.78. The Kier molecular flexibility index (Phi) is 4.30. The Morgan fingerprint density at radius 3 is 3.00 bits per heavy atom. The Labute approximate surface area is 132 Å². The Morgan fingerprint density at radius 2 is 2.27 bits per heavy atom. The Bertz CT molecular complexity index is 597. The molecule has 1 amide bonds. The van der Waals surface area contributed by atoms with Gasteiger partial charge in [-0.15, -0.1) is 0 Å². The number of carbonyl (C=O) groups is 1. The van der Waals surface area contributed by atoms with Gasteiger partial charge in [0.1, 0.15) is 0 Å². The van der Waals surface area contributed by atoms with Crippen LogP contribution in [0.3, 0.4) is 0 Å². The smallest absolute Gasteiger partial charge is 0.229 e. The number of nitrogens with zero attached hydrogens (tertiary/aromatic N) is 2. The van der Waals surface area contributed by atoms with E-state index >= 15 is 0 Å². The summed E-state index contributed by atoms with van der Waals surface area (Å²) in [7, 11) is 1.70. The van der Waals surface area contributed by atoms with Crippen LogP contribution in [-0.2, 0) is 29.1 Å². The van der Waals surface area contributed by atoms with Crippen LogP contribution in [0.15, 0.2) is 24.5 Å². The summed E-state index contributed by atoms with van der Waals surface area (Å²) in [6.45, 7) is 4.17. The third-order valence-corrected chi connectivity index (χ3v) is 4.93. The fraction of sp³-hybridized carbons (Fsp3) is 0.556. The average molecular weight is 300 g/mol. The molecule has 1 unspecified atom stereocenters. The highest BCUT2D eigenvalue weighted by molar-refractivity contribution is 5.83. The van der Waals surface area contributed by atoms with E-state index in [-0.39, 0.29) is 5.41 Å². The van der Waals surface area contributed by atoms with Gasteiger partial charge in [0.25, 0.3) is 0 Å². The summed E-state index contributed by atoms with van der Waals surface area (Å²) < 4.78 is 5.25. The van der Waals surface area contributed by atoms with E-state index in [1.807, 2.05) is 17.3 Å². The number of hydrogen-bond acceptors (Lipinski definition) is 3. The maximum absolute atomic E-state index is 12.9. The molecule has 2 heterocycles. The molecular weight excluding hydrogens is 276 g/mol. The van der Waals surface area contributed by atoms with Gasteiger partial charge in [-0.3, -0.25) is 9.78 Å². The highest BCUT2D eigenvalue weighted by Crippen LogP contribution is 2.35. The van der Waals surface area contributed by atoms with Gasteiger partial charge in [-0.05, 0) is 42.4 Å². The fourth-order valence-electron chi connectivity index (χ4n) is 3.56. The number of ether oxygens (including phenoxy) is 1. The van der Waals surface area contributed by atoms with Crippen LogP contribution in [-0.4, -0.2) is 29.4 Å². The van der Waals surface area contributed by atoms with Crippen LogP contribution in [0, 0.1) is 5.41 Å². The standard InChI is InChI=1S/C18H24N2O2/c1-18(7-4-3-5-8-18)17(21)20-9-6-16-14(12-20)10-19-11-15(16)13-22-2/h3-4,10-11H,5-9,12-13H2,1-2H3. The zero-order valence-electron chi connectivity index (χ0n) is 13.5. The molecule has 1 aliphatic carbocycles. The minimum atomic E-state index is -0.232. The lowest BCUT2D eigenvalue weighted by Crippen LogP contribution is -2.45. The molecule has 1 aromatic heterocycles. The maximum atomic E-state index is 12.9. The third-order valence-electron chi connectivity index (χ3n) is 4.93. The number of methoxy groups -OCH3 is 1. The third kappa shape index (κ3) is 2.80. The number of fused-ring (bicyclic) bond motifs is 1. The van der Waals surface area contributed by atoms with Crippen molar-refractivity contribution in [2.45, 2.75) is 45.8 Å². The van der Waals surface area contributed by atoms with Gasteiger partial charge in [0, 0.05) is 32.6 Å². The van der Waals surface area contributed by atoms with Gasteiger partial charge < -0.3 is 9.64 Å². The quantitative estimate of drug-likeness (QED) is 0.806. The van der Waals surface area contributed by atoms with Gasteiger partial charge in [-0.25, -0.2) is 0 Å². The molecule has 0 N–H and O–H groups in total. The Hall–Kier alpha value is -1.68. The zero-order chi connectivity index (χ0) is 15.6. The molecule has 1 aliphatic heterocycles. The van der Waals surface area contributed by atoms with Crippen molar-refractivity contribution < 1.29 is 9.53 Å². The van der Waals surface area contributed by atoms with Crippen molar-refractivity contribution in [3.8, 4) is 0 Å². The minimum absolute atomic E-state index is 0.232. The van der Waals surface area contributed by atoms with Crippen LogP contribution in [0.1, 0.15) is 42.9 Å². The lowest BCUT2D eigenvalue weighted by molar-refractivity contribution is -0.142. The molecule has 0 saturated heterocycles. The van der Waals surface area contributed by atoms with Gasteiger partial charge >= 0.3 is 0 Å². The summed E-state index contributed by atoms with van der Waals surface area (Å²) in [5.41, 5.74) is 3.40. The topological polar surface area (TPSA) is 42.4 Å². The first-order valence-electron chi connectivity index (χ1n) is 8.02. The molecule has 0 fully saturated rings. The van der Waals surface area contributed by atoms with Crippen LogP contribution < -0.4 is 0 Å². The highest BCUT2D eigenvalue weighted by Gasteiger charge is 2.37. The van der Waals surface area contributed by atoms with E-state index in [1.165, 1.54) is 11.1 Å². The summed E-state index contributed by atoms with van der Waals surface area (Å²) in [6.07, 6.45) is 11.8. The maximum Gasteiger partial charge on any atom is 0.229 e. The first kappa shape index (κ1) is 15.2. The molecule has 22 heavy (non-hydrogen) atoms. The van der Waals surface area contributed by atoms with E-state index in [4.69, 9.17) is 4.74 Å². The molecule has 2 aliphatic rings. The molecule has 0 radical (unpaired) electrons. The number of hydrogen-bond donors (Lipinski definition) is 0. The molecule has 4 nitrogen and oxygen atoms in total. The number of carbonyl (C=O) groups excluding carboxylic acids is 1. The second-order valence-electron chi connectivity index (χ2n) is 6.62. The van der Waals surface area contributed by atoms with Crippen molar-refractivity contribution in [1.82, 2.24) is 9.88 Å². The predicted molar refractivity (Wildman–Crippen MR) is 85.2 cm³/mol. The average Bonchev–Trinajstić information content (AvgIpc) is 2.55. The molecule has 118 valence electrons. The van der Waals surface area contributed by atoms with Crippen LogP contribution in [0.2, 0.25) is 0 Å². The monoisotopic (exact) mass is 300 g/mol. The summed E-state index contributed by atoms with van der Waals surface area (Å²) in [4.78, 5) is 19.3. The van der Waals surface area contributed by atoms with Crippen molar-refractivity contribution in [2.75, 3.05) is 13.7 Å². The van der Waals surface area contributed by atoms with E-state index in [1.54, 1.807) is 7.11 Å². The van der Waals surface area contributed by atoms with Gasteiger partial charge in [0.15, 0.2) is 0 Å². The van der Waals surface area contributed by atoms with Crippen LogP contribution in [0.5, 0.6) is 0 Å². The normalized spacial score (nSPS) is 24.2. The summed E-state index contributed by atoms with van der Waals surface area (Å²) >= 11 is 0. The van der Waals surface area contributed by atoms with E-state index in [2.05, 4.69) is 24.1 Å². The minimum Gasteiger partial charge on any atom is -0.380 e. The van der Waals surface area contributed by atoms with Gasteiger partial charge in [-0.1, -0.05) is 19.1 Å². The molecule has 0 bridgehead atoms. The molecule has 4 heteroatoms. The number of aromatic nitrogens is 1. The molecule has 0 aromatic carbocycles. The van der Waals surface area contributed by atoms with Crippen molar-refractivity contribution in [2.24, 2.45) is 5.41 Å². The summed E-state index contributed by atoms with van der Waals surface area (Å²) in [5, 5.41) is 0. The molecule has 1 atom stereocenters. The second kappa shape index (κ2) is 6.21. The van der Waals surface area contributed by atoms with E-state index < -0.39 is 0 Å². The van der Waals surface area contributed by atoms with Crippen LogP contribution in [0.25, 0.3) is 0 Å².